The zero-order valence-corrected chi connectivity index (χ0v) is 9.90. The van der Waals surface area contributed by atoms with Gasteiger partial charge in [-0.3, -0.25) is 14.3 Å². The highest BCUT2D eigenvalue weighted by Crippen LogP contribution is 1.92. The van der Waals surface area contributed by atoms with Gasteiger partial charge in [-0.15, -0.1) is 0 Å². The molecule has 17 heavy (non-hydrogen) atoms. The normalized spacial score (nSPS) is 10.5. The number of H-pyrrole nitrogens is 1. The van der Waals surface area contributed by atoms with Crippen LogP contribution in [0, 0.1) is 17.2 Å². The second kappa shape index (κ2) is 6.01. The average molecular weight is 237 g/mol. The van der Waals surface area contributed by atoms with Crippen LogP contribution >= 0.6 is 0 Å². The van der Waals surface area contributed by atoms with Gasteiger partial charge in [-0.05, 0) is 5.92 Å². The number of rotatable bonds is 5. The lowest BCUT2D eigenvalue weighted by Crippen LogP contribution is -2.32. The minimum Gasteiger partial charge on any atom is -0.379 e. The van der Waals surface area contributed by atoms with E-state index in [1.165, 1.54) is 10.8 Å². The van der Waals surface area contributed by atoms with E-state index in [0.717, 1.165) is 0 Å². The fourth-order valence-electron chi connectivity index (χ4n) is 1.24. The van der Waals surface area contributed by atoms with Gasteiger partial charge in [-0.2, -0.15) is 5.26 Å². The molecule has 1 N–H and O–H groups in total. The molecule has 1 aromatic heterocycles. The van der Waals surface area contributed by atoms with Gasteiger partial charge in [0.2, 0.25) is 0 Å². The van der Waals surface area contributed by atoms with Crippen molar-refractivity contribution >= 4 is 0 Å². The zero-order chi connectivity index (χ0) is 12.8. The highest BCUT2D eigenvalue weighted by atomic mass is 16.5. The molecular weight excluding hydrogens is 222 g/mol. The Hall–Kier alpha value is -1.87. The molecule has 0 spiro atoms. The fraction of sp³-hybridized carbons (Fsp3) is 0.545. The van der Waals surface area contributed by atoms with Gasteiger partial charge < -0.3 is 4.74 Å². The number of aromatic nitrogens is 2. The lowest BCUT2D eigenvalue weighted by molar-refractivity contribution is 0.102. The van der Waals surface area contributed by atoms with Crippen molar-refractivity contribution in [2.24, 2.45) is 5.92 Å². The molecule has 0 aliphatic carbocycles. The molecule has 6 heteroatoms. The third kappa shape index (κ3) is 3.89. The van der Waals surface area contributed by atoms with Crippen molar-refractivity contribution in [1.29, 1.82) is 5.26 Å². The van der Waals surface area contributed by atoms with Gasteiger partial charge in [0, 0.05) is 12.8 Å². The van der Waals surface area contributed by atoms with Crippen molar-refractivity contribution in [1.82, 2.24) is 9.55 Å². The molecule has 6 nitrogen and oxygen atoms in total. The van der Waals surface area contributed by atoms with E-state index in [0.29, 0.717) is 25.7 Å². The minimum atomic E-state index is -0.656. The monoisotopic (exact) mass is 237 g/mol. The lowest BCUT2D eigenvalue weighted by atomic mass is 10.2. The maximum atomic E-state index is 11.4. The molecule has 0 aromatic carbocycles. The summed E-state index contributed by atoms with van der Waals surface area (Å²) >= 11 is 0. The SMILES string of the molecule is CC(C)COCCn1cc(C#N)c(=O)[nH]c1=O. The molecule has 0 unspecified atom stereocenters. The molecule has 0 saturated carbocycles. The van der Waals surface area contributed by atoms with Crippen LogP contribution in [-0.2, 0) is 11.3 Å². The zero-order valence-electron chi connectivity index (χ0n) is 9.90. The molecule has 0 aliphatic rings. The van der Waals surface area contributed by atoms with E-state index in [4.69, 9.17) is 10.00 Å². The Morgan fingerprint density at radius 3 is 2.82 bits per heavy atom. The van der Waals surface area contributed by atoms with E-state index in [9.17, 15) is 9.59 Å². The number of nitrogens with zero attached hydrogens (tertiary/aromatic N) is 2. The summed E-state index contributed by atoms with van der Waals surface area (Å²) in [5.41, 5.74) is -1.26. The maximum absolute atomic E-state index is 11.4. The van der Waals surface area contributed by atoms with Crippen LogP contribution in [-0.4, -0.2) is 22.8 Å². The van der Waals surface area contributed by atoms with Crippen molar-refractivity contribution < 1.29 is 4.74 Å². The quantitative estimate of drug-likeness (QED) is 0.734. The number of nitriles is 1. The van der Waals surface area contributed by atoms with Crippen LogP contribution in [0.4, 0.5) is 0 Å². The summed E-state index contributed by atoms with van der Waals surface area (Å²) in [7, 11) is 0. The van der Waals surface area contributed by atoms with E-state index in [2.05, 4.69) is 4.98 Å². The second-order valence-corrected chi connectivity index (χ2v) is 4.08. The summed E-state index contributed by atoms with van der Waals surface area (Å²) in [6.07, 6.45) is 1.25. The number of hydrogen-bond acceptors (Lipinski definition) is 4. The van der Waals surface area contributed by atoms with E-state index >= 15 is 0 Å². The average Bonchev–Trinajstić information content (AvgIpc) is 2.26. The van der Waals surface area contributed by atoms with Crippen molar-refractivity contribution in [3.63, 3.8) is 0 Å². The van der Waals surface area contributed by atoms with Crippen molar-refractivity contribution in [2.75, 3.05) is 13.2 Å². The summed E-state index contributed by atoms with van der Waals surface area (Å²) in [5.74, 6) is 0.428. The summed E-state index contributed by atoms with van der Waals surface area (Å²) < 4.78 is 6.59. The van der Waals surface area contributed by atoms with Crippen LogP contribution < -0.4 is 11.2 Å². The number of aromatic amines is 1. The Balaban J connectivity index is 2.69. The minimum absolute atomic E-state index is 0.0755. The number of hydrogen-bond donors (Lipinski definition) is 1. The lowest BCUT2D eigenvalue weighted by Gasteiger charge is -2.08. The van der Waals surface area contributed by atoms with Crippen LogP contribution in [0.3, 0.4) is 0 Å². The predicted octanol–water partition coefficient (Wildman–Crippen LogP) is 0.0809. The van der Waals surface area contributed by atoms with Crippen molar-refractivity contribution in [3.8, 4) is 6.07 Å². The van der Waals surface area contributed by atoms with Gasteiger partial charge in [0.25, 0.3) is 5.56 Å². The molecule has 0 atom stereocenters. The van der Waals surface area contributed by atoms with Crippen LogP contribution in [0.15, 0.2) is 15.8 Å². The van der Waals surface area contributed by atoms with Gasteiger partial charge in [0.15, 0.2) is 0 Å². The first-order valence-electron chi connectivity index (χ1n) is 5.36. The first-order valence-corrected chi connectivity index (χ1v) is 5.36. The molecule has 0 saturated heterocycles. The molecule has 0 amide bonds. The summed E-state index contributed by atoms with van der Waals surface area (Å²) in [6, 6.07) is 1.73. The third-order valence-corrected chi connectivity index (χ3v) is 2.06. The van der Waals surface area contributed by atoms with Crippen LogP contribution in [0.1, 0.15) is 19.4 Å². The second-order valence-electron chi connectivity index (χ2n) is 4.08. The Labute approximate surface area is 98.5 Å². The largest absolute Gasteiger partial charge is 0.379 e. The molecular formula is C11H15N3O3. The number of ether oxygens (including phenoxy) is 1. The Bertz CT molecular complexity index is 522. The van der Waals surface area contributed by atoms with Gasteiger partial charge in [0.1, 0.15) is 11.6 Å². The first-order chi connectivity index (χ1) is 8.04. The van der Waals surface area contributed by atoms with Crippen LogP contribution in [0.2, 0.25) is 0 Å². The molecule has 92 valence electrons. The van der Waals surface area contributed by atoms with Crippen molar-refractivity contribution in [2.45, 2.75) is 20.4 Å². The maximum Gasteiger partial charge on any atom is 0.328 e. The molecule has 0 aliphatic heterocycles. The molecule has 0 fully saturated rings. The summed E-state index contributed by atoms with van der Waals surface area (Å²) in [6.45, 7) is 5.36. The van der Waals surface area contributed by atoms with Crippen molar-refractivity contribution in [3.05, 3.63) is 32.6 Å². The van der Waals surface area contributed by atoms with Gasteiger partial charge in [0.05, 0.1) is 13.2 Å². The van der Waals surface area contributed by atoms with Gasteiger partial charge in [-0.1, -0.05) is 13.8 Å². The molecule has 1 rings (SSSR count). The molecule has 0 bridgehead atoms. The predicted molar refractivity (Wildman–Crippen MR) is 61.7 cm³/mol. The first kappa shape index (κ1) is 13.2. The van der Waals surface area contributed by atoms with E-state index in [1.54, 1.807) is 6.07 Å². The smallest absolute Gasteiger partial charge is 0.328 e. The molecule has 1 heterocycles. The van der Waals surface area contributed by atoms with E-state index in [-0.39, 0.29) is 5.56 Å². The third-order valence-electron chi connectivity index (χ3n) is 2.06. The summed E-state index contributed by atoms with van der Waals surface area (Å²) in [5, 5.41) is 8.66. The standard InChI is InChI=1S/C11H15N3O3/c1-8(2)7-17-4-3-14-6-9(5-12)10(15)13-11(14)16/h6,8H,3-4,7H2,1-2H3,(H,13,15,16). The Kier molecular flexibility index (Phi) is 4.67. The summed E-state index contributed by atoms with van der Waals surface area (Å²) in [4.78, 5) is 24.6. The van der Waals surface area contributed by atoms with E-state index < -0.39 is 11.2 Å². The van der Waals surface area contributed by atoms with Gasteiger partial charge in [-0.25, -0.2) is 4.79 Å². The highest BCUT2D eigenvalue weighted by Gasteiger charge is 2.03. The Morgan fingerprint density at radius 1 is 1.53 bits per heavy atom. The van der Waals surface area contributed by atoms with E-state index in [1.807, 2.05) is 13.8 Å². The fourth-order valence-corrected chi connectivity index (χ4v) is 1.24. The highest BCUT2D eigenvalue weighted by molar-refractivity contribution is 5.21. The number of nitrogens with one attached hydrogen (secondary N) is 1. The molecule has 1 aromatic rings. The Morgan fingerprint density at radius 2 is 2.24 bits per heavy atom. The van der Waals surface area contributed by atoms with Crippen LogP contribution in [0.5, 0.6) is 0 Å². The van der Waals surface area contributed by atoms with Gasteiger partial charge >= 0.3 is 5.69 Å². The molecule has 0 radical (unpaired) electrons. The van der Waals surface area contributed by atoms with Crippen LogP contribution in [0.25, 0.3) is 0 Å². The topological polar surface area (TPSA) is 87.9 Å².